The normalized spacial score (nSPS) is 11.6. The molecule has 0 bridgehead atoms. The Hall–Kier alpha value is -1.69. The van der Waals surface area contributed by atoms with Gasteiger partial charge in [-0.3, -0.25) is 4.79 Å². The number of amides is 1. The second kappa shape index (κ2) is 6.15. The van der Waals surface area contributed by atoms with Gasteiger partial charge in [0.1, 0.15) is 0 Å². The molecule has 5 nitrogen and oxygen atoms in total. The molecular weight excluding hydrogens is 238 g/mol. The van der Waals surface area contributed by atoms with Crippen LogP contribution >= 0.6 is 12.2 Å². The molecule has 0 aliphatic carbocycles. The number of nitrogens with zero attached hydrogens (tertiary/aromatic N) is 1. The van der Waals surface area contributed by atoms with Crippen LogP contribution in [-0.2, 0) is 11.3 Å². The van der Waals surface area contributed by atoms with Gasteiger partial charge < -0.3 is 15.8 Å². The number of thiocarbonyl (C=S) groups is 1. The maximum Gasteiger partial charge on any atom is 0.229 e. The van der Waals surface area contributed by atoms with E-state index in [4.69, 9.17) is 22.7 Å². The van der Waals surface area contributed by atoms with Crippen LogP contribution in [0.4, 0.5) is 0 Å². The number of nitrogens with one attached hydrogen (secondary N) is 1. The number of rotatable bonds is 5. The van der Waals surface area contributed by atoms with Crippen LogP contribution in [0.25, 0.3) is 0 Å². The fourth-order valence-corrected chi connectivity index (χ4v) is 1.25. The average Bonchev–Trinajstić information content (AvgIpc) is 2.35. The van der Waals surface area contributed by atoms with Crippen LogP contribution in [0.5, 0.6) is 5.88 Å². The summed E-state index contributed by atoms with van der Waals surface area (Å²) in [6.07, 6.45) is 1.62. The maximum absolute atomic E-state index is 11.6. The predicted octanol–water partition coefficient (Wildman–Crippen LogP) is 0.629. The number of carbonyl (C=O) groups is 1. The highest BCUT2D eigenvalue weighted by Gasteiger charge is 2.14. The number of pyridine rings is 1. The molecule has 0 spiro atoms. The first-order valence-electron chi connectivity index (χ1n) is 5.10. The Morgan fingerprint density at radius 1 is 1.71 bits per heavy atom. The molecule has 1 atom stereocenters. The number of carbonyl (C=O) groups excluding carboxylic acids is 1. The highest BCUT2D eigenvalue weighted by atomic mass is 32.1. The Morgan fingerprint density at radius 3 is 3.00 bits per heavy atom. The van der Waals surface area contributed by atoms with E-state index in [2.05, 4.69) is 10.3 Å². The average molecular weight is 253 g/mol. The number of hydrogen-bond acceptors (Lipinski definition) is 4. The molecule has 0 aliphatic rings. The van der Waals surface area contributed by atoms with E-state index in [1.807, 2.05) is 0 Å². The SMILES string of the molecule is COc1cc(CNC(=O)C(C)C(N)=S)ccn1. The molecule has 17 heavy (non-hydrogen) atoms. The van der Waals surface area contributed by atoms with Gasteiger partial charge in [-0.25, -0.2) is 4.98 Å². The van der Waals surface area contributed by atoms with E-state index in [9.17, 15) is 4.79 Å². The van der Waals surface area contributed by atoms with Gasteiger partial charge >= 0.3 is 0 Å². The summed E-state index contributed by atoms with van der Waals surface area (Å²) in [5, 5.41) is 2.74. The first kappa shape index (κ1) is 13.4. The third-order valence-corrected chi connectivity index (χ3v) is 2.65. The molecule has 1 heterocycles. The van der Waals surface area contributed by atoms with Crippen LogP contribution in [0.15, 0.2) is 18.3 Å². The lowest BCUT2D eigenvalue weighted by atomic mass is 10.1. The molecule has 1 aromatic heterocycles. The second-order valence-electron chi connectivity index (χ2n) is 3.55. The van der Waals surface area contributed by atoms with E-state index in [1.165, 1.54) is 0 Å². The van der Waals surface area contributed by atoms with Crippen molar-refractivity contribution < 1.29 is 9.53 Å². The number of ether oxygens (including phenoxy) is 1. The lowest BCUT2D eigenvalue weighted by Gasteiger charge is -2.10. The van der Waals surface area contributed by atoms with Crippen LogP contribution in [0.1, 0.15) is 12.5 Å². The molecule has 1 rings (SSSR count). The van der Waals surface area contributed by atoms with Crippen molar-refractivity contribution in [3.8, 4) is 5.88 Å². The van der Waals surface area contributed by atoms with Crippen LogP contribution in [-0.4, -0.2) is 23.0 Å². The van der Waals surface area contributed by atoms with Crippen molar-refractivity contribution >= 4 is 23.1 Å². The molecule has 0 aromatic carbocycles. The lowest BCUT2D eigenvalue weighted by Crippen LogP contribution is -2.35. The zero-order valence-electron chi connectivity index (χ0n) is 9.77. The van der Waals surface area contributed by atoms with Gasteiger partial charge in [0.15, 0.2) is 0 Å². The molecule has 92 valence electrons. The molecule has 1 aromatic rings. The highest BCUT2D eigenvalue weighted by Crippen LogP contribution is 2.08. The van der Waals surface area contributed by atoms with Crippen molar-refractivity contribution in [3.63, 3.8) is 0 Å². The largest absolute Gasteiger partial charge is 0.481 e. The van der Waals surface area contributed by atoms with Crippen molar-refractivity contribution in [2.75, 3.05) is 7.11 Å². The first-order chi connectivity index (χ1) is 8.04. The molecular formula is C11H15N3O2S. The van der Waals surface area contributed by atoms with Crippen molar-refractivity contribution in [1.29, 1.82) is 0 Å². The van der Waals surface area contributed by atoms with E-state index < -0.39 is 5.92 Å². The number of aromatic nitrogens is 1. The zero-order chi connectivity index (χ0) is 12.8. The van der Waals surface area contributed by atoms with Crippen molar-refractivity contribution in [2.45, 2.75) is 13.5 Å². The summed E-state index contributed by atoms with van der Waals surface area (Å²) in [6, 6.07) is 3.56. The van der Waals surface area contributed by atoms with Gasteiger partial charge in [-0.2, -0.15) is 0 Å². The van der Waals surface area contributed by atoms with Gasteiger partial charge in [0.05, 0.1) is 18.0 Å². The van der Waals surface area contributed by atoms with Crippen LogP contribution in [0.2, 0.25) is 0 Å². The standard InChI is InChI=1S/C11H15N3O2S/c1-7(10(12)17)11(15)14-6-8-3-4-13-9(5-8)16-2/h3-5,7H,6H2,1-2H3,(H2,12,17)(H,14,15). The summed E-state index contributed by atoms with van der Waals surface area (Å²) in [5.41, 5.74) is 6.30. The summed E-state index contributed by atoms with van der Waals surface area (Å²) in [5.74, 6) is -0.138. The van der Waals surface area contributed by atoms with Crippen molar-refractivity contribution in [3.05, 3.63) is 23.9 Å². The molecule has 1 unspecified atom stereocenters. The van der Waals surface area contributed by atoms with Gasteiger partial charge in [-0.1, -0.05) is 12.2 Å². The van der Waals surface area contributed by atoms with E-state index in [-0.39, 0.29) is 10.9 Å². The Kier molecular flexibility index (Phi) is 4.84. The minimum atomic E-state index is -0.464. The highest BCUT2D eigenvalue weighted by molar-refractivity contribution is 7.80. The summed E-state index contributed by atoms with van der Waals surface area (Å²) < 4.78 is 4.98. The van der Waals surface area contributed by atoms with Crippen molar-refractivity contribution in [2.24, 2.45) is 11.7 Å². The van der Waals surface area contributed by atoms with E-state index in [0.717, 1.165) is 5.56 Å². The van der Waals surface area contributed by atoms with E-state index in [1.54, 1.807) is 32.4 Å². The minimum absolute atomic E-state index is 0.187. The van der Waals surface area contributed by atoms with Gasteiger partial charge in [0.2, 0.25) is 11.8 Å². The maximum atomic E-state index is 11.6. The first-order valence-corrected chi connectivity index (χ1v) is 5.51. The predicted molar refractivity (Wildman–Crippen MR) is 68.6 cm³/mol. The fraction of sp³-hybridized carbons (Fsp3) is 0.364. The fourth-order valence-electron chi connectivity index (χ4n) is 1.14. The Balaban J connectivity index is 2.55. The molecule has 0 aliphatic heterocycles. The number of nitrogens with two attached hydrogens (primary N) is 1. The summed E-state index contributed by atoms with van der Waals surface area (Å²) in [7, 11) is 1.54. The molecule has 0 fully saturated rings. The molecule has 0 radical (unpaired) electrons. The topological polar surface area (TPSA) is 77.2 Å². The number of methoxy groups -OCH3 is 1. The molecule has 3 N–H and O–H groups in total. The van der Waals surface area contributed by atoms with Gasteiger partial charge in [-0.15, -0.1) is 0 Å². The van der Waals surface area contributed by atoms with Crippen molar-refractivity contribution in [1.82, 2.24) is 10.3 Å². The Morgan fingerprint density at radius 2 is 2.41 bits per heavy atom. The van der Waals surface area contributed by atoms with E-state index >= 15 is 0 Å². The van der Waals surface area contributed by atoms with Gasteiger partial charge in [-0.05, 0) is 18.6 Å². The molecule has 6 heteroatoms. The third kappa shape index (κ3) is 3.99. The quantitative estimate of drug-likeness (QED) is 0.753. The minimum Gasteiger partial charge on any atom is -0.481 e. The smallest absolute Gasteiger partial charge is 0.229 e. The summed E-state index contributed by atoms with van der Waals surface area (Å²) in [4.78, 5) is 15.7. The number of hydrogen-bond donors (Lipinski definition) is 2. The molecule has 1 amide bonds. The Bertz CT molecular complexity index is 423. The molecule has 0 saturated carbocycles. The van der Waals surface area contributed by atoms with Gasteiger partial charge in [0, 0.05) is 18.8 Å². The van der Waals surface area contributed by atoms with E-state index in [0.29, 0.717) is 12.4 Å². The van der Waals surface area contributed by atoms with Crippen LogP contribution in [0, 0.1) is 5.92 Å². The monoisotopic (exact) mass is 253 g/mol. The lowest BCUT2D eigenvalue weighted by molar-refractivity contribution is -0.122. The summed E-state index contributed by atoms with van der Waals surface area (Å²) in [6.45, 7) is 2.06. The molecule has 0 saturated heterocycles. The Labute approximate surface area is 105 Å². The summed E-state index contributed by atoms with van der Waals surface area (Å²) >= 11 is 4.75. The third-order valence-electron chi connectivity index (χ3n) is 2.30. The zero-order valence-corrected chi connectivity index (χ0v) is 10.6. The van der Waals surface area contributed by atoms with Gasteiger partial charge in [0.25, 0.3) is 0 Å². The van der Waals surface area contributed by atoms with Crippen LogP contribution < -0.4 is 15.8 Å². The second-order valence-corrected chi connectivity index (χ2v) is 4.02. The van der Waals surface area contributed by atoms with Crippen LogP contribution in [0.3, 0.4) is 0 Å².